The minimum atomic E-state index is 0.811. The van der Waals surface area contributed by atoms with E-state index in [1.165, 1.54) is 33.2 Å². The molecule has 3 nitrogen and oxygen atoms in total. The van der Waals surface area contributed by atoms with Gasteiger partial charge in [0, 0.05) is 55.2 Å². The third-order valence-corrected chi connectivity index (χ3v) is 4.89. The van der Waals surface area contributed by atoms with Crippen LogP contribution in [0, 0.1) is 0 Å². The van der Waals surface area contributed by atoms with Crippen molar-refractivity contribution in [3.05, 3.63) is 68.9 Å². The fourth-order valence-electron chi connectivity index (χ4n) is 2.85. The summed E-state index contributed by atoms with van der Waals surface area (Å²) in [6.07, 6.45) is 0. The van der Waals surface area contributed by atoms with Crippen molar-refractivity contribution in [2.75, 3.05) is 0 Å². The number of halogens is 2. The van der Waals surface area contributed by atoms with Crippen LogP contribution in [0.2, 0.25) is 0 Å². The fourth-order valence-corrected chi connectivity index (χ4v) is 3.61. The largest absolute Gasteiger partial charge is 0.357 e. The first-order chi connectivity index (χ1) is 11.2. The van der Waals surface area contributed by atoms with Crippen LogP contribution in [0.15, 0.2) is 57.5 Å². The van der Waals surface area contributed by atoms with E-state index in [0.717, 1.165) is 22.0 Å². The molecule has 5 heteroatoms. The second-order valence-corrected chi connectivity index (χ2v) is 7.49. The van der Waals surface area contributed by atoms with Crippen LogP contribution < -0.4 is 5.32 Å². The maximum atomic E-state index is 3.51. The summed E-state index contributed by atoms with van der Waals surface area (Å²) in [4.78, 5) is 6.89. The molecular formula is C18H15Br2N3. The van der Waals surface area contributed by atoms with E-state index in [9.17, 15) is 0 Å². The molecule has 4 rings (SSSR count). The molecule has 2 aromatic heterocycles. The Morgan fingerprint density at radius 2 is 1.17 bits per heavy atom. The van der Waals surface area contributed by atoms with Gasteiger partial charge in [-0.15, -0.1) is 0 Å². The number of hydrogen-bond donors (Lipinski definition) is 3. The Hall–Kier alpha value is -1.56. The summed E-state index contributed by atoms with van der Waals surface area (Å²) in [5, 5.41) is 5.94. The zero-order valence-electron chi connectivity index (χ0n) is 12.3. The second kappa shape index (κ2) is 6.15. The lowest BCUT2D eigenvalue weighted by atomic mass is 10.2. The molecule has 0 unspecified atom stereocenters. The Bertz CT molecular complexity index is 904. The highest BCUT2D eigenvalue weighted by atomic mass is 79.9. The van der Waals surface area contributed by atoms with Gasteiger partial charge in [0.25, 0.3) is 0 Å². The van der Waals surface area contributed by atoms with E-state index in [2.05, 4.69) is 95.7 Å². The Kier molecular flexibility index (Phi) is 4.01. The van der Waals surface area contributed by atoms with E-state index >= 15 is 0 Å². The van der Waals surface area contributed by atoms with Crippen molar-refractivity contribution in [2.24, 2.45) is 0 Å². The number of aromatic amines is 2. The third kappa shape index (κ3) is 3.22. The lowest BCUT2D eigenvalue weighted by molar-refractivity contribution is 0.674. The molecule has 0 saturated heterocycles. The van der Waals surface area contributed by atoms with Crippen LogP contribution in [0.4, 0.5) is 0 Å². The molecular weight excluding hydrogens is 418 g/mol. The van der Waals surface area contributed by atoms with Crippen LogP contribution in [0.1, 0.15) is 11.4 Å². The van der Waals surface area contributed by atoms with E-state index in [0.29, 0.717) is 0 Å². The highest BCUT2D eigenvalue weighted by Crippen LogP contribution is 2.22. The fraction of sp³-hybridized carbons (Fsp3) is 0.111. The number of aromatic nitrogens is 2. The van der Waals surface area contributed by atoms with Crippen LogP contribution in [0.5, 0.6) is 0 Å². The van der Waals surface area contributed by atoms with Crippen LogP contribution in [0.3, 0.4) is 0 Å². The van der Waals surface area contributed by atoms with Crippen LogP contribution >= 0.6 is 31.9 Å². The van der Waals surface area contributed by atoms with Gasteiger partial charge < -0.3 is 15.3 Å². The molecule has 0 spiro atoms. The molecule has 0 aliphatic carbocycles. The number of hydrogen-bond acceptors (Lipinski definition) is 1. The van der Waals surface area contributed by atoms with Gasteiger partial charge in [-0.2, -0.15) is 0 Å². The highest BCUT2D eigenvalue weighted by Gasteiger charge is 2.03. The first-order valence-electron chi connectivity index (χ1n) is 7.42. The van der Waals surface area contributed by atoms with E-state index in [1.54, 1.807) is 0 Å². The molecule has 0 radical (unpaired) electrons. The normalized spacial score (nSPS) is 11.6. The van der Waals surface area contributed by atoms with Crippen molar-refractivity contribution in [3.63, 3.8) is 0 Å². The first-order valence-corrected chi connectivity index (χ1v) is 9.01. The summed E-state index contributed by atoms with van der Waals surface area (Å²) in [6, 6.07) is 16.9. The van der Waals surface area contributed by atoms with Crippen molar-refractivity contribution in [2.45, 2.75) is 13.1 Å². The quantitative estimate of drug-likeness (QED) is 0.393. The summed E-state index contributed by atoms with van der Waals surface area (Å²) in [5.74, 6) is 0. The van der Waals surface area contributed by atoms with Gasteiger partial charge in [0.05, 0.1) is 0 Å². The predicted molar refractivity (Wildman–Crippen MR) is 103 cm³/mol. The van der Waals surface area contributed by atoms with Crippen molar-refractivity contribution < 1.29 is 0 Å². The summed E-state index contributed by atoms with van der Waals surface area (Å²) < 4.78 is 2.21. The third-order valence-electron chi connectivity index (χ3n) is 3.91. The Labute approximate surface area is 150 Å². The van der Waals surface area contributed by atoms with Crippen LogP contribution in [-0.4, -0.2) is 9.97 Å². The number of H-pyrrole nitrogens is 2. The van der Waals surface area contributed by atoms with Gasteiger partial charge in [-0.3, -0.25) is 0 Å². The molecule has 0 fully saturated rings. The van der Waals surface area contributed by atoms with Crippen molar-refractivity contribution in [1.29, 1.82) is 0 Å². The molecule has 2 aromatic carbocycles. The highest BCUT2D eigenvalue weighted by molar-refractivity contribution is 9.10. The second-order valence-electron chi connectivity index (χ2n) is 5.66. The lowest BCUT2D eigenvalue weighted by Gasteiger charge is -2.00. The van der Waals surface area contributed by atoms with Gasteiger partial charge in [0.15, 0.2) is 0 Å². The van der Waals surface area contributed by atoms with Gasteiger partial charge >= 0.3 is 0 Å². The molecule has 3 N–H and O–H groups in total. The van der Waals surface area contributed by atoms with E-state index in [-0.39, 0.29) is 0 Å². The molecule has 4 aromatic rings. The first kappa shape index (κ1) is 15.0. The van der Waals surface area contributed by atoms with Crippen molar-refractivity contribution in [1.82, 2.24) is 15.3 Å². The lowest BCUT2D eigenvalue weighted by Crippen LogP contribution is -2.12. The summed E-state index contributed by atoms with van der Waals surface area (Å²) in [6.45, 7) is 1.62. The zero-order valence-corrected chi connectivity index (χ0v) is 15.5. The SMILES string of the molecule is Brc1ccc2[nH]c(CNCc3cc4cc(Br)ccc4[nH]3)cc2c1. The zero-order chi connectivity index (χ0) is 15.8. The maximum Gasteiger partial charge on any atom is 0.0457 e. The van der Waals surface area contributed by atoms with Crippen LogP contribution in [0.25, 0.3) is 21.8 Å². The van der Waals surface area contributed by atoms with Gasteiger partial charge in [-0.1, -0.05) is 31.9 Å². The summed E-state index contributed by atoms with van der Waals surface area (Å²) >= 11 is 7.02. The van der Waals surface area contributed by atoms with Crippen molar-refractivity contribution >= 4 is 53.7 Å². The Morgan fingerprint density at radius 3 is 1.65 bits per heavy atom. The topological polar surface area (TPSA) is 43.6 Å². The number of nitrogens with one attached hydrogen (secondary N) is 3. The van der Waals surface area contributed by atoms with Gasteiger partial charge in [0.2, 0.25) is 0 Å². The average molecular weight is 433 g/mol. The molecule has 0 aliphatic heterocycles. The van der Waals surface area contributed by atoms with Gasteiger partial charge in [-0.25, -0.2) is 0 Å². The monoisotopic (exact) mass is 431 g/mol. The molecule has 116 valence electrons. The molecule has 23 heavy (non-hydrogen) atoms. The number of fused-ring (bicyclic) bond motifs is 2. The summed E-state index contributed by atoms with van der Waals surface area (Å²) in [7, 11) is 0. The molecule has 2 heterocycles. The molecule has 0 aliphatic rings. The Balaban J connectivity index is 1.45. The maximum absolute atomic E-state index is 3.51. The molecule has 0 bridgehead atoms. The molecule has 0 amide bonds. The average Bonchev–Trinajstić information content (AvgIpc) is 3.09. The number of benzene rings is 2. The predicted octanol–water partition coefficient (Wildman–Crippen LogP) is 5.46. The smallest absolute Gasteiger partial charge is 0.0457 e. The number of rotatable bonds is 4. The van der Waals surface area contributed by atoms with Crippen molar-refractivity contribution in [3.8, 4) is 0 Å². The van der Waals surface area contributed by atoms with E-state index in [1.807, 2.05) is 0 Å². The van der Waals surface area contributed by atoms with Crippen LogP contribution in [-0.2, 0) is 13.1 Å². The minimum absolute atomic E-state index is 0.811. The minimum Gasteiger partial charge on any atom is -0.357 e. The van der Waals surface area contributed by atoms with Gasteiger partial charge in [0.1, 0.15) is 0 Å². The summed E-state index contributed by atoms with van der Waals surface area (Å²) in [5.41, 5.74) is 4.72. The standard InChI is InChI=1S/C18H15Br2N3/c19-13-1-3-17-11(5-13)7-15(22-17)9-21-10-16-8-12-6-14(20)2-4-18(12)23-16/h1-8,21-23H,9-10H2. The van der Waals surface area contributed by atoms with E-state index < -0.39 is 0 Å². The molecule has 0 saturated carbocycles. The van der Waals surface area contributed by atoms with Gasteiger partial charge in [-0.05, 0) is 48.5 Å². The van der Waals surface area contributed by atoms with E-state index in [4.69, 9.17) is 0 Å². The molecule has 0 atom stereocenters. The Morgan fingerprint density at radius 1 is 0.696 bits per heavy atom.